The number of nitrogens with one attached hydrogen (secondary N) is 1. The Morgan fingerprint density at radius 3 is 2.71 bits per heavy atom. The number of hydrogen-bond acceptors (Lipinski definition) is 5. The van der Waals surface area contributed by atoms with Crippen LogP contribution in [0.2, 0.25) is 5.02 Å². The summed E-state index contributed by atoms with van der Waals surface area (Å²) in [7, 11) is 3.25. The van der Waals surface area contributed by atoms with Gasteiger partial charge in [0.05, 0.1) is 17.8 Å². The molecule has 1 amide bonds. The van der Waals surface area contributed by atoms with Gasteiger partial charge in [0.1, 0.15) is 11.4 Å². The Balaban J connectivity index is 2.27. The van der Waals surface area contributed by atoms with E-state index >= 15 is 0 Å². The molecule has 2 aromatic rings. The Hall–Kier alpha value is -2.35. The smallest absolute Gasteiger partial charge is 0.343 e. The molecule has 0 fully saturated rings. The molecule has 2 aromatic heterocycles. The van der Waals surface area contributed by atoms with Crippen molar-refractivity contribution in [3.8, 4) is 0 Å². The molecule has 2 heterocycles. The number of carbonyl (C=O) groups excluding carboxylic acids is 2. The van der Waals surface area contributed by atoms with E-state index in [1.165, 1.54) is 21.8 Å². The van der Waals surface area contributed by atoms with E-state index in [9.17, 15) is 9.59 Å². The van der Waals surface area contributed by atoms with Crippen LogP contribution in [0.25, 0.3) is 0 Å². The molecule has 2 rings (SSSR count). The molecule has 0 saturated carbocycles. The van der Waals surface area contributed by atoms with Crippen LogP contribution in [0.3, 0.4) is 0 Å². The lowest BCUT2D eigenvalue weighted by Crippen LogP contribution is -2.18. The van der Waals surface area contributed by atoms with Crippen molar-refractivity contribution >= 4 is 29.3 Å². The molecule has 9 heteroatoms. The van der Waals surface area contributed by atoms with Crippen LogP contribution in [-0.4, -0.2) is 38.0 Å². The lowest BCUT2D eigenvalue weighted by molar-refractivity contribution is 0.0527. The zero-order valence-corrected chi connectivity index (χ0v) is 12.5. The monoisotopic (exact) mass is 311 g/mol. The fourth-order valence-corrected chi connectivity index (χ4v) is 1.99. The average molecular weight is 312 g/mol. The third-order valence-electron chi connectivity index (χ3n) is 2.67. The summed E-state index contributed by atoms with van der Waals surface area (Å²) in [6.45, 7) is 1.92. The van der Waals surface area contributed by atoms with Gasteiger partial charge in [-0.05, 0) is 6.92 Å². The predicted octanol–water partition coefficient (Wildman–Crippen LogP) is 1.24. The van der Waals surface area contributed by atoms with Crippen molar-refractivity contribution in [2.45, 2.75) is 6.92 Å². The molecule has 0 unspecified atom stereocenters. The van der Waals surface area contributed by atoms with E-state index in [0.717, 1.165) is 0 Å². The fraction of sp³-hybridized carbons (Fsp3) is 0.333. The average Bonchev–Trinajstić information content (AvgIpc) is 2.93. The van der Waals surface area contributed by atoms with Gasteiger partial charge in [0.2, 0.25) is 0 Å². The van der Waals surface area contributed by atoms with Crippen molar-refractivity contribution in [1.29, 1.82) is 0 Å². The molecule has 0 spiro atoms. The first-order valence-electron chi connectivity index (χ1n) is 6.13. The van der Waals surface area contributed by atoms with Crippen LogP contribution in [-0.2, 0) is 18.8 Å². The van der Waals surface area contributed by atoms with E-state index in [1.54, 1.807) is 21.0 Å². The summed E-state index contributed by atoms with van der Waals surface area (Å²) in [6.07, 6.45) is 2.83. The number of aromatic nitrogens is 4. The molecule has 0 aliphatic carbocycles. The number of amides is 1. The summed E-state index contributed by atoms with van der Waals surface area (Å²) in [5.41, 5.74) is 0.231. The first kappa shape index (κ1) is 15.0. The molecule has 21 heavy (non-hydrogen) atoms. The van der Waals surface area contributed by atoms with Gasteiger partial charge in [-0.25, -0.2) is 4.79 Å². The SMILES string of the molecule is CCOC(=O)c1cnn(C)c1NC(=O)c1nn(C)cc1Cl. The van der Waals surface area contributed by atoms with Crippen LogP contribution in [0.4, 0.5) is 5.82 Å². The summed E-state index contributed by atoms with van der Waals surface area (Å²) < 4.78 is 7.69. The van der Waals surface area contributed by atoms with Crippen molar-refractivity contribution < 1.29 is 14.3 Å². The van der Waals surface area contributed by atoms with Gasteiger partial charge in [-0.2, -0.15) is 10.2 Å². The van der Waals surface area contributed by atoms with Gasteiger partial charge in [0, 0.05) is 20.3 Å². The summed E-state index contributed by atoms with van der Waals surface area (Å²) in [6, 6.07) is 0. The third-order valence-corrected chi connectivity index (χ3v) is 2.94. The van der Waals surface area contributed by atoms with Gasteiger partial charge in [-0.15, -0.1) is 0 Å². The van der Waals surface area contributed by atoms with Crippen LogP contribution in [0, 0.1) is 0 Å². The minimum absolute atomic E-state index is 0.0650. The van der Waals surface area contributed by atoms with E-state index in [4.69, 9.17) is 16.3 Å². The van der Waals surface area contributed by atoms with Gasteiger partial charge in [-0.1, -0.05) is 11.6 Å². The molecule has 0 bridgehead atoms. The second kappa shape index (κ2) is 5.96. The molecule has 0 saturated heterocycles. The van der Waals surface area contributed by atoms with Crippen LogP contribution in [0.5, 0.6) is 0 Å². The van der Waals surface area contributed by atoms with Crippen LogP contribution in [0.1, 0.15) is 27.8 Å². The van der Waals surface area contributed by atoms with Crippen molar-refractivity contribution in [2.24, 2.45) is 14.1 Å². The topological polar surface area (TPSA) is 91.0 Å². The lowest BCUT2D eigenvalue weighted by atomic mass is 10.3. The maximum atomic E-state index is 12.2. The normalized spacial score (nSPS) is 10.5. The van der Waals surface area contributed by atoms with Crippen molar-refractivity contribution in [3.63, 3.8) is 0 Å². The molecule has 8 nitrogen and oxygen atoms in total. The Bertz CT molecular complexity index is 691. The number of halogens is 1. The lowest BCUT2D eigenvalue weighted by Gasteiger charge is -2.07. The van der Waals surface area contributed by atoms with Gasteiger partial charge < -0.3 is 10.1 Å². The Morgan fingerprint density at radius 2 is 2.14 bits per heavy atom. The number of esters is 1. The molecular formula is C12H14ClN5O3. The number of rotatable bonds is 4. The van der Waals surface area contributed by atoms with Crippen LogP contribution in [0.15, 0.2) is 12.4 Å². The highest BCUT2D eigenvalue weighted by molar-refractivity contribution is 6.34. The van der Waals surface area contributed by atoms with E-state index in [1.807, 2.05) is 0 Å². The zero-order chi connectivity index (χ0) is 15.6. The Labute approximate surface area is 125 Å². The third kappa shape index (κ3) is 3.05. The van der Waals surface area contributed by atoms with Crippen molar-refractivity contribution in [3.05, 3.63) is 28.7 Å². The first-order chi connectivity index (χ1) is 9.93. The second-order valence-electron chi connectivity index (χ2n) is 4.20. The number of hydrogen-bond donors (Lipinski definition) is 1. The fourth-order valence-electron chi connectivity index (χ4n) is 1.72. The molecule has 0 atom stereocenters. The van der Waals surface area contributed by atoms with Gasteiger partial charge >= 0.3 is 5.97 Å². The number of carbonyl (C=O) groups is 2. The zero-order valence-electron chi connectivity index (χ0n) is 11.8. The molecule has 0 aromatic carbocycles. The van der Waals surface area contributed by atoms with Gasteiger partial charge in [0.25, 0.3) is 5.91 Å². The van der Waals surface area contributed by atoms with E-state index in [0.29, 0.717) is 0 Å². The highest BCUT2D eigenvalue weighted by atomic mass is 35.5. The van der Waals surface area contributed by atoms with E-state index in [2.05, 4.69) is 15.5 Å². The highest BCUT2D eigenvalue weighted by Crippen LogP contribution is 2.19. The van der Waals surface area contributed by atoms with Crippen molar-refractivity contribution in [2.75, 3.05) is 11.9 Å². The number of ether oxygens (including phenoxy) is 1. The molecule has 0 radical (unpaired) electrons. The van der Waals surface area contributed by atoms with E-state index < -0.39 is 11.9 Å². The number of aryl methyl sites for hydroxylation is 2. The molecule has 112 valence electrons. The van der Waals surface area contributed by atoms with E-state index in [-0.39, 0.29) is 28.7 Å². The molecular weight excluding hydrogens is 298 g/mol. The van der Waals surface area contributed by atoms with Crippen molar-refractivity contribution in [1.82, 2.24) is 19.6 Å². The maximum Gasteiger partial charge on any atom is 0.343 e. The Morgan fingerprint density at radius 1 is 1.43 bits per heavy atom. The first-order valence-corrected chi connectivity index (χ1v) is 6.51. The Kier molecular flexibility index (Phi) is 4.27. The standard InChI is InChI=1S/C12H14ClN5O3/c1-4-21-12(20)7-5-14-18(3)10(7)15-11(19)9-8(13)6-17(2)16-9/h5-6H,4H2,1-3H3,(H,15,19). The summed E-state index contributed by atoms with van der Waals surface area (Å²) >= 11 is 5.91. The second-order valence-corrected chi connectivity index (χ2v) is 4.61. The molecule has 1 N–H and O–H groups in total. The minimum Gasteiger partial charge on any atom is -0.462 e. The van der Waals surface area contributed by atoms with Gasteiger partial charge in [-0.3, -0.25) is 14.2 Å². The predicted molar refractivity (Wildman–Crippen MR) is 75.3 cm³/mol. The minimum atomic E-state index is -0.562. The molecule has 0 aliphatic rings. The molecule has 0 aliphatic heterocycles. The number of nitrogens with zero attached hydrogens (tertiary/aromatic N) is 4. The summed E-state index contributed by atoms with van der Waals surface area (Å²) in [5, 5.41) is 10.7. The highest BCUT2D eigenvalue weighted by Gasteiger charge is 2.22. The van der Waals surface area contributed by atoms with Gasteiger partial charge in [0.15, 0.2) is 5.69 Å². The van der Waals surface area contributed by atoms with Crippen LogP contribution < -0.4 is 5.32 Å². The largest absolute Gasteiger partial charge is 0.462 e. The number of anilines is 1. The maximum absolute atomic E-state index is 12.2. The van der Waals surface area contributed by atoms with Crippen LogP contribution >= 0.6 is 11.6 Å². The summed E-state index contributed by atoms with van der Waals surface area (Å²) in [5.74, 6) is -0.872. The summed E-state index contributed by atoms with van der Waals surface area (Å²) in [4.78, 5) is 24.0. The quantitative estimate of drug-likeness (QED) is 0.858.